The van der Waals surface area contributed by atoms with Gasteiger partial charge in [0.15, 0.2) is 4.34 Å². The number of nitrogens with one attached hydrogen (secondary N) is 1. The molecule has 0 saturated heterocycles. The van der Waals surface area contributed by atoms with Gasteiger partial charge in [-0.25, -0.2) is 0 Å². The number of carbonyl (C=O) groups excluding carboxylic acids is 2. The molecule has 1 aromatic carbocycles. The normalized spacial score (nSPS) is 17.6. The number of thioether (sulfide) groups is 1. The molecule has 2 aromatic rings. The van der Waals surface area contributed by atoms with E-state index < -0.39 is 0 Å². The van der Waals surface area contributed by atoms with Crippen LogP contribution in [0.5, 0.6) is 0 Å². The minimum Gasteiger partial charge on any atom is -0.352 e. The van der Waals surface area contributed by atoms with E-state index in [0.717, 1.165) is 31.2 Å². The van der Waals surface area contributed by atoms with Crippen LogP contribution >= 0.6 is 23.1 Å². The minimum absolute atomic E-state index is 0.00562. The lowest BCUT2D eigenvalue weighted by atomic mass is 10.1. The first-order valence-electron chi connectivity index (χ1n) is 8.77. The Bertz CT molecular complexity index is 803. The Kier molecular flexibility index (Phi) is 4.95. The van der Waals surface area contributed by atoms with Crippen molar-refractivity contribution in [1.82, 2.24) is 15.5 Å². The van der Waals surface area contributed by atoms with E-state index in [2.05, 4.69) is 15.5 Å². The summed E-state index contributed by atoms with van der Waals surface area (Å²) in [7, 11) is 0. The number of hydrogen-bond acceptors (Lipinski definition) is 6. The highest BCUT2D eigenvalue weighted by atomic mass is 32.2. The fourth-order valence-corrected chi connectivity index (χ4v) is 4.89. The largest absolute Gasteiger partial charge is 0.352 e. The number of rotatable bonds is 7. The second-order valence-electron chi connectivity index (χ2n) is 6.66. The Morgan fingerprint density at radius 1 is 1.19 bits per heavy atom. The summed E-state index contributed by atoms with van der Waals surface area (Å²) in [5.41, 5.74) is 0.943. The molecule has 2 fully saturated rings. The molecule has 1 heterocycles. The zero-order valence-corrected chi connectivity index (χ0v) is 16.1. The third-order valence-corrected chi connectivity index (χ3v) is 6.60. The van der Waals surface area contributed by atoms with Crippen molar-refractivity contribution in [3.8, 4) is 0 Å². The van der Waals surface area contributed by atoms with Crippen LogP contribution in [-0.2, 0) is 9.59 Å². The summed E-state index contributed by atoms with van der Waals surface area (Å²) in [6.07, 6.45) is 4.13. The zero-order valence-electron chi connectivity index (χ0n) is 14.4. The topological polar surface area (TPSA) is 75.2 Å². The summed E-state index contributed by atoms with van der Waals surface area (Å²) in [6, 6.07) is 10.3. The van der Waals surface area contributed by atoms with Gasteiger partial charge in [-0.1, -0.05) is 53.4 Å². The molecule has 4 rings (SSSR count). The van der Waals surface area contributed by atoms with Crippen LogP contribution < -0.4 is 10.2 Å². The van der Waals surface area contributed by atoms with Gasteiger partial charge in [0.2, 0.25) is 16.9 Å². The molecule has 136 valence electrons. The number of aromatic nitrogens is 2. The molecule has 8 heteroatoms. The summed E-state index contributed by atoms with van der Waals surface area (Å²) in [5, 5.41) is 11.8. The van der Waals surface area contributed by atoms with E-state index in [4.69, 9.17) is 0 Å². The van der Waals surface area contributed by atoms with Crippen LogP contribution in [0.4, 0.5) is 5.13 Å². The molecular weight excluding hydrogens is 368 g/mol. The Morgan fingerprint density at radius 2 is 1.92 bits per heavy atom. The van der Waals surface area contributed by atoms with Gasteiger partial charge >= 0.3 is 0 Å². The minimum atomic E-state index is -0.371. The van der Waals surface area contributed by atoms with Gasteiger partial charge in [0.05, 0.1) is 0 Å². The molecule has 0 radical (unpaired) electrons. The fraction of sp³-hybridized carbons (Fsp3) is 0.444. The number of hydrogen-bond donors (Lipinski definition) is 1. The molecule has 2 aliphatic carbocycles. The van der Waals surface area contributed by atoms with Crippen LogP contribution in [0.25, 0.3) is 0 Å². The molecule has 1 aromatic heterocycles. The van der Waals surface area contributed by atoms with Crippen LogP contribution in [0, 0.1) is 0 Å². The highest BCUT2D eigenvalue weighted by Gasteiger charge is 2.35. The van der Waals surface area contributed by atoms with Crippen molar-refractivity contribution in [1.29, 1.82) is 0 Å². The third-order valence-electron chi connectivity index (χ3n) is 4.34. The van der Waals surface area contributed by atoms with Crippen LogP contribution in [0.1, 0.15) is 43.4 Å². The Balaban J connectivity index is 1.53. The van der Waals surface area contributed by atoms with Gasteiger partial charge in [-0.15, -0.1) is 10.2 Å². The highest BCUT2D eigenvalue weighted by molar-refractivity contribution is 8.01. The van der Waals surface area contributed by atoms with Crippen molar-refractivity contribution in [2.45, 2.75) is 54.3 Å². The highest BCUT2D eigenvalue weighted by Crippen LogP contribution is 2.41. The van der Waals surface area contributed by atoms with Crippen molar-refractivity contribution < 1.29 is 9.59 Å². The predicted octanol–water partition coefficient (Wildman–Crippen LogP) is 3.17. The molecule has 2 amide bonds. The molecule has 1 N–H and O–H groups in total. The van der Waals surface area contributed by atoms with Gasteiger partial charge in [-0.3, -0.25) is 14.5 Å². The average Bonchev–Trinajstić information content (AvgIpc) is 3.55. The van der Waals surface area contributed by atoms with Crippen molar-refractivity contribution in [2.75, 3.05) is 4.90 Å². The van der Waals surface area contributed by atoms with Crippen LogP contribution in [0.2, 0.25) is 0 Å². The second kappa shape index (κ2) is 7.36. The maximum atomic E-state index is 12.7. The van der Waals surface area contributed by atoms with Gasteiger partial charge in [-0.05, 0) is 31.2 Å². The molecule has 0 bridgehead atoms. The van der Waals surface area contributed by atoms with Gasteiger partial charge in [0.1, 0.15) is 5.25 Å². The average molecular weight is 389 g/mol. The molecule has 6 nitrogen and oxygen atoms in total. The monoisotopic (exact) mass is 388 g/mol. The second-order valence-corrected chi connectivity index (χ2v) is 8.97. The van der Waals surface area contributed by atoms with Gasteiger partial charge < -0.3 is 5.32 Å². The zero-order chi connectivity index (χ0) is 18.1. The lowest BCUT2D eigenvalue weighted by molar-refractivity contribution is -0.121. The number of anilines is 1. The van der Waals surface area contributed by atoms with E-state index in [1.54, 1.807) is 11.8 Å². The summed E-state index contributed by atoms with van der Waals surface area (Å²) in [5.74, 6) is -0.00245. The summed E-state index contributed by atoms with van der Waals surface area (Å²) in [4.78, 5) is 26.4. The smallest absolute Gasteiger partial charge is 0.238 e. The molecule has 26 heavy (non-hydrogen) atoms. The molecule has 2 saturated carbocycles. The van der Waals surface area contributed by atoms with E-state index in [1.165, 1.54) is 23.1 Å². The van der Waals surface area contributed by atoms with Crippen LogP contribution in [-0.4, -0.2) is 34.1 Å². The molecular formula is C18H20N4O2S2. The Hall–Kier alpha value is -1.93. The number of carbonyl (C=O) groups is 2. The predicted molar refractivity (Wildman–Crippen MR) is 102 cm³/mol. The van der Waals surface area contributed by atoms with Crippen molar-refractivity contribution in [2.24, 2.45) is 0 Å². The standard InChI is InChI=1S/C18H20N4O2S2/c1-11(23)22(14-9-10-14)17-20-21-18(26-17)25-15(12-5-3-2-4-6-12)16(24)19-13-7-8-13/h2-6,13-15H,7-10H2,1H3,(H,19,24). The summed E-state index contributed by atoms with van der Waals surface area (Å²) in [6.45, 7) is 1.56. The number of nitrogens with zero attached hydrogens (tertiary/aromatic N) is 3. The molecule has 2 aliphatic rings. The maximum absolute atomic E-state index is 12.7. The number of benzene rings is 1. The van der Waals surface area contributed by atoms with Crippen LogP contribution in [0.15, 0.2) is 34.7 Å². The summed E-state index contributed by atoms with van der Waals surface area (Å²) < 4.78 is 0.701. The first-order chi connectivity index (χ1) is 12.6. The first-order valence-corrected chi connectivity index (χ1v) is 10.5. The van der Waals surface area contributed by atoms with Gasteiger partial charge in [0, 0.05) is 19.0 Å². The molecule has 1 unspecified atom stereocenters. The fourth-order valence-electron chi connectivity index (χ4n) is 2.73. The Morgan fingerprint density at radius 3 is 2.54 bits per heavy atom. The van der Waals surface area contributed by atoms with Gasteiger partial charge in [-0.2, -0.15) is 0 Å². The first kappa shape index (κ1) is 17.5. The SMILES string of the molecule is CC(=O)N(c1nnc(SC(C(=O)NC2CC2)c2ccccc2)s1)C1CC1. The number of amides is 2. The van der Waals surface area contributed by atoms with Crippen LogP contribution in [0.3, 0.4) is 0 Å². The van der Waals surface area contributed by atoms with Crippen molar-refractivity contribution >= 4 is 40.0 Å². The molecule has 1 atom stereocenters. The van der Waals surface area contributed by atoms with Crippen molar-refractivity contribution in [3.63, 3.8) is 0 Å². The van der Waals surface area contributed by atoms with E-state index in [-0.39, 0.29) is 23.1 Å². The third kappa shape index (κ3) is 4.07. The quantitative estimate of drug-likeness (QED) is 0.582. The van der Waals surface area contributed by atoms with E-state index in [0.29, 0.717) is 15.5 Å². The van der Waals surface area contributed by atoms with Crippen molar-refractivity contribution in [3.05, 3.63) is 35.9 Å². The van der Waals surface area contributed by atoms with Gasteiger partial charge in [0.25, 0.3) is 0 Å². The van der Waals surface area contributed by atoms with E-state index >= 15 is 0 Å². The molecule has 0 aliphatic heterocycles. The lowest BCUT2D eigenvalue weighted by Crippen LogP contribution is -2.30. The Labute approximate surface area is 160 Å². The van der Waals surface area contributed by atoms with E-state index in [9.17, 15) is 9.59 Å². The maximum Gasteiger partial charge on any atom is 0.238 e. The lowest BCUT2D eigenvalue weighted by Gasteiger charge is -2.16. The summed E-state index contributed by atoms with van der Waals surface area (Å²) >= 11 is 2.78. The van der Waals surface area contributed by atoms with E-state index in [1.807, 2.05) is 30.3 Å². The molecule has 0 spiro atoms.